The van der Waals surface area contributed by atoms with Crippen LogP contribution in [0, 0.1) is 6.92 Å². The van der Waals surface area contributed by atoms with Crippen molar-refractivity contribution in [2.24, 2.45) is 0 Å². The van der Waals surface area contributed by atoms with E-state index in [1.807, 2.05) is 30.9 Å². The molecule has 1 aliphatic heterocycles. The minimum atomic E-state index is -0.442. The van der Waals surface area contributed by atoms with Crippen molar-refractivity contribution in [1.29, 1.82) is 0 Å². The van der Waals surface area contributed by atoms with E-state index >= 15 is 0 Å². The van der Waals surface area contributed by atoms with Crippen LogP contribution in [0.1, 0.15) is 25.0 Å². The van der Waals surface area contributed by atoms with E-state index in [0.29, 0.717) is 0 Å². The van der Waals surface area contributed by atoms with Crippen LogP contribution in [0.15, 0.2) is 24.3 Å². The number of nitrogens with zero attached hydrogens (tertiary/aromatic N) is 1. The average Bonchev–Trinajstić information content (AvgIpc) is 2.39. The van der Waals surface area contributed by atoms with E-state index < -0.39 is 5.41 Å². The minimum Gasteiger partial charge on any atom is -0.339 e. The lowest BCUT2D eigenvalue weighted by molar-refractivity contribution is -0.136. The molecule has 1 aliphatic rings. The van der Waals surface area contributed by atoms with Gasteiger partial charge in [-0.05, 0) is 31.9 Å². The second kappa shape index (κ2) is 5.11. The molecule has 98 valence electrons. The van der Waals surface area contributed by atoms with Gasteiger partial charge in [-0.25, -0.2) is 0 Å². The lowest BCUT2D eigenvalue weighted by atomic mass is 9.80. The lowest BCUT2D eigenvalue weighted by Crippen LogP contribution is -2.52. The van der Waals surface area contributed by atoms with Gasteiger partial charge in [0, 0.05) is 26.2 Å². The van der Waals surface area contributed by atoms with Crippen LogP contribution < -0.4 is 5.32 Å². The van der Waals surface area contributed by atoms with Gasteiger partial charge in [0.1, 0.15) is 0 Å². The van der Waals surface area contributed by atoms with Gasteiger partial charge in [-0.15, -0.1) is 0 Å². The normalized spacial score (nSPS) is 16.7. The summed E-state index contributed by atoms with van der Waals surface area (Å²) in [5.74, 6) is 0.235. The predicted molar refractivity (Wildman–Crippen MR) is 73.7 cm³/mol. The zero-order valence-corrected chi connectivity index (χ0v) is 11.5. The number of carbonyl (C=O) groups is 1. The topological polar surface area (TPSA) is 32.3 Å². The smallest absolute Gasteiger partial charge is 0.232 e. The number of benzene rings is 1. The van der Waals surface area contributed by atoms with Gasteiger partial charge in [-0.3, -0.25) is 4.79 Å². The summed E-state index contributed by atoms with van der Waals surface area (Å²) in [6, 6.07) is 8.16. The Balaban J connectivity index is 2.24. The standard InChI is InChI=1S/C15H22N2O/c1-12-6-4-5-7-13(12)15(2,3)14(18)17-10-8-16-9-11-17/h4-7,16H,8-11H2,1-3H3. The van der Waals surface area contributed by atoms with E-state index in [0.717, 1.165) is 31.7 Å². The van der Waals surface area contributed by atoms with Gasteiger partial charge >= 0.3 is 0 Å². The molecular formula is C15H22N2O. The third-order valence-electron chi connectivity index (χ3n) is 3.76. The molecule has 3 heteroatoms. The molecule has 0 aromatic heterocycles. The van der Waals surface area contributed by atoms with Gasteiger partial charge in [0.15, 0.2) is 0 Å². The molecule has 0 aliphatic carbocycles. The van der Waals surface area contributed by atoms with Crippen molar-refractivity contribution >= 4 is 5.91 Å². The number of amides is 1. The maximum atomic E-state index is 12.7. The zero-order chi connectivity index (χ0) is 13.2. The predicted octanol–water partition coefficient (Wildman–Crippen LogP) is 1.70. The third-order valence-corrected chi connectivity index (χ3v) is 3.76. The maximum Gasteiger partial charge on any atom is 0.232 e. The van der Waals surface area contributed by atoms with Crippen molar-refractivity contribution in [1.82, 2.24) is 10.2 Å². The molecule has 0 bridgehead atoms. The van der Waals surface area contributed by atoms with Crippen LogP contribution in [-0.2, 0) is 10.2 Å². The van der Waals surface area contributed by atoms with Gasteiger partial charge in [0.25, 0.3) is 0 Å². The fourth-order valence-corrected chi connectivity index (χ4v) is 2.65. The highest BCUT2D eigenvalue weighted by atomic mass is 16.2. The summed E-state index contributed by atoms with van der Waals surface area (Å²) in [6.07, 6.45) is 0. The molecule has 1 saturated heterocycles. The van der Waals surface area contributed by atoms with Crippen LogP contribution in [0.25, 0.3) is 0 Å². The van der Waals surface area contributed by atoms with E-state index in [9.17, 15) is 4.79 Å². The minimum absolute atomic E-state index is 0.235. The molecule has 0 spiro atoms. The van der Waals surface area contributed by atoms with Crippen molar-refractivity contribution in [3.05, 3.63) is 35.4 Å². The largest absolute Gasteiger partial charge is 0.339 e. The number of piperazine rings is 1. The molecule has 1 N–H and O–H groups in total. The molecule has 0 saturated carbocycles. The monoisotopic (exact) mass is 246 g/mol. The van der Waals surface area contributed by atoms with Crippen LogP contribution in [0.5, 0.6) is 0 Å². The van der Waals surface area contributed by atoms with Crippen LogP contribution in [0.3, 0.4) is 0 Å². The molecule has 2 rings (SSSR count). The molecule has 1 aromatic rings. The van der Waals surface area contributed by atoms with Crippen LogP contribution in [0.2, 0.25) is 0 Å². The summed E-state index contributed by atoms with van der Waals surface area (Å²) in [5, 5.41) is 3.28. The van der Waals surface area contributed by atoms with E-state index in [4.69, 9.17) is 0 Å². The Kier molecular flexibility index (Phi) is 3.71. The Bertz CT molecular complexity index is 434. The van der Waals surface area contributed by atoms with Gasteiger partial charge < -0.3 is 10.2 Å². The fraction of sp³-hybridized carbons (Fsp3) is 0.533. The van der Waals surface area contributed by atoms with Crippen molar-refractivity contribution in [3.8, 4) is 0 Å². The highest BCUT2D eigenvalue weighted by molar-refractivity contribution is 5.87. The quantitative estimate of drug-likeness (QED) is 0.861. The Morgan fingerprint density at radius 1 is 1.22 bits per heavy atom. The second-order valence-corrected chi connectivity index (χ2v) is 5.48. The summed E-state index contributed by atoms with van der Waals surface area (Å²) < 4.78 is 0. The summed E-state index contributed by atoms with van der Waals surface area (Å²) in [4.78, 5) is 14.6. The first kappa shape index (κ1) is 13.1. The summed E-state index contributed by atoms with van der Waals surface area (Å²) >= 11 is 0. The molecule has 1 amide bonds. The number of nitrogens with one attached hydrogen (secondary N) is 1. The summed E-state index contributed by atoms with van der Waals surface area (Å²) in [5.41, 5.74) is 1.88. The Morgan fingerprint density at radius 3 is 2.44 bits per heavy atom. The fourth-order valence-electron chi connectivity index (χ4n) is 2.65. The highest BCUT2D eigenvalue weighted by Crippen LogP contribution is 2.28. The van der Waals surface area contributed by atoms with Crippen LogP contribution in [0.4, 0.5) is 0 Å². The molecule has 18 heavy (non-hydrogen) atoms. The molecule has 0 radical (unpaired) electrons. The van der Waals surface area contributed by atoms with E-state index in [1.165, 1.54) is 5.56 Å². The van der Waals surface area contributed by atoms with Gasteiger partial charge in [0.05, 0.1) is 5.41 Å². The molecule has 1 fully saturated rings. The van der Waals surface area contributed by atoms with Crippen molar-refractivity contribution < 1.29 is 4.79 Å². The molecule has 0 atom stereocenters. The Morgan fingerprint density at radius 2 is 1.83 bits per heavy atom. The number of hydrogen-bond donors (Lipinski definition) is 1. The molecule has 0 unspecified atom stereocenters. The van der Waals surface area contributed by atoms with E-state index in [-0.39, 0.29) is 5.91 Å². The van der Waals surface area contributed by atoms with Crippen LogP contribution >= 0.6 is 0 Å². The Labute approximate surface area is 109 Å². The molecule has 1 aromatic carbocycles. The van der Waals surface area contributed by atoms with Crippen molar-refractivity contribution in [2.45, 2.75) is 26.2 Å². The zero-order valence-electron chi connectivity index (χ0n) is 11.5. The van der Waals surface area contributed by atoms with Crippen LogP contribution in [-0.4, -0.2) is 37.0 Å². The number of aryl methyl sites for hydroxylation is 1. The number of hydrogen-bond acceptors (Lipinski definition) is 2. The first-order valence-corrected chi connectivity index (χ1v) is 6.59. The third kappa shape index (κ3) is 2.41. The van der Waals surface area contributed by atoms with Gasteiger partial charge in [-0.1, -0.05) is 24.3 Å². The number of carbonyl (C=O) groups excluding carboxylic acids is 1. The first-order chi connectivity index (χ1) is 8.53. The van der Waals surface area contributed by atoms with Crippen molar-refractivity contribution in [2.75, 3.05) is 26.2 Å². The summed E-state index contributed by atoms with van der Waals surface area (Å²) in [7, 11) is 0. The number of rotatable bonds is 2. The van der Waals surface area contributed by atoms with E-state index in [1.54, 1.807) is 0 Å². The average molecular weight is 246 g/mol. The van der Waals surface area contributed by atoms with E-state index in [2.05, 4.69) is 24.4 Å². The molecular weight excluding hydrogens is 224 g/mol. The SMILES string of the molecule is Cc1ccccc1C(C)(C)C(=O)N1CCNCC1. The Hall–Kier alpha value is -1.35. The van der Waals surface area contributed by atoms with Gasteiger partial charge in [0.2, 0.25) is 5.91 Å². The summed E-state index contributed by atoms with van der Waals surface area (Å²) in [6.45, 7) is 9.55. The van der Waals surface area contributed by atoms with Crippen molar-refractivity contribution in [3.63, 3.8) is 0 Å². The second-order valence-electron chi connectivity index (χ2n) is 5.48. The highest BCUT2D eigenvalue weighted by Gasteiger charge is 2.34. The maximum absolute atomic E-state index is 12.7. The molecule has 3 nitrogen and oxygen atoms in total. The van der Waals surface area contributed by atoms with Gasteiger partial charge in [-0.2, -0.15) is 0 Å². The first-order valence-electron chi connectivity index (χ1n) is 6.59. The lowest BCUT2D eigenvalue weighted by Gasteiger charge is -2.35. The molecule has 1 heterocycles.